The molecule has 1 aliphatic heterocycles. The van der Waals surface area contributed by atoms with E-state index in [1.807, 2.05) is 23.1 Å². The van der Waals surface area contributed by atoms with Crippen LogP contribution in [0.3, 0.4) is 0 Å². The van der Waals surface area contributed by atoms with Crippen LogP contribution in [0, 0.1) is 6.92 Å². The van der Waals surface area contributed by atoms with Crippen molar-refractivity contribution in [3.63, 3.8) is 0 Å². The van der Waals surface area contributed by atoms with E-state index in [4.69, 9.17) is 10.5 Å². The first-order valence-electron chi connectivity index (χ1n) is 5.21. The zero-order valence-corrected chi connectivity index (χ0v) is 10.7. The van der Waals surface area contributed by atoms with Gasteiger partial charge in [0.25, 0.3) is 0 Å². The summed E-state index contributed by atoms with van der Waals surface area (Å²) in [4.78, 5) is 1.43. The molecular formula is C11H17NOS2. The fourth-order valence-corrected chi connectivity index (χ4v) is 4.28. The summed E-state index contributed by atoms with van der Waals surface area (Å²) in [7, 11) is 0. The number of thiophene rings is 1. The van der Waals surface area contributed by atoms with Gasteiger partial charge in [0.1, 0.15) is 0 Å². The summed E-state index contributed by atoms with van der Waals surface area (Å²) in [6, 6.07) is 2.38. The number of ether oxygens (including phenoxy) is 1. The number of nitrogens with two attached hydrogens (primary N) is 1. The summed E-state index contributed by atoms with van der Waals surface area (Å²) in [5.74, 6) is 0. The number of hydrogen-bond acceptors (Lipinski definition) is 4. The Hall–Kier alpha value is -0.0300. The third-order valence-electron chi connectivity index (χ3n) is 2.58. The van der Waals surface area contributed by atoms with Gasteiger partial charge in [-0.25, -0.2) is 0 Å². The van der Waals surface area contributed by atoms with Gasteiger partial charge in [0, 0.05) is 10.9 Å². The van der Waals surface area contributed by atoms with E-state index in [-0.39, 0.29) is 6.04 Å². The monoisotopic (exact) mass is 243 g/mol. The first-order valence-corrected chi connectivity index (χ1v) is 7.03. The van der Waals surface area contributed by atoms with Crippen LogP contribution in [-0.4, -0.2) is 24.5 Å². The maximum atomic E-state index is 6.07. The quantitative estimate of drug-likeness (QED) is 0.883. The summed E-state index contributed by atoms with van der Waals surface area (Å²) in [6.45, 7) is 6.03. The summed E-state index contributed by atoms with van der Waals surface area (Å²) in [5, 5.41) is 3.22. The van der Waals surface area contributed by atoms with E-state index in [0.717, 1.165) is 13.2 Å². The standard InChI is InChI=1S/C11H17NOS2/c1-7-3-4-14-10(7)11(8(2)12)15-9-5-13-6-9/h3-4,8-9,11H,5-6,12H2,1-2H3. The Kier molecular flexibility index (Phi) is 3.72. The number of hydrogen-bond donors (Lipinski definition) is 1. The second-order valence-corrected chi connectivity index (χ2v) is 6.44. The summed E-state index contributed by atoms with van der Waals surface area (Å²) in [5.41, 5.74) is 7.44. The number of thioether (sulfide) groups is 1. The van der Waals surface area contributed by atoms with Gasteiger partial charge in [-0.3, -0.25) is 0 Å². The highest BCUT2D eigenvalue weighted by Crippen LogP contribution is 2.40. The van der Waals surface area contributed by atoms with E-state index in [2.05, 4.69) is 25.3 Å². The van der Waals surface area contributed by atoms with Crippen LogP contribution in [0.15, 0.2) is 11.4 Å². The van der Waals surface area contributed by atoms with Crippen molar-refractivity contribution < 1.29 is 4.74 Å². The molecule has 2 rings (SSSR count). The zero-order valence-electron chi connectivity index (χ0n) is 9.10. The molecule has 15 heavy (non-hydrogen) atoms. The molecule has 1 fully saturated rings. The molecule has 0 spiro atoms. The molecule has 1 aliphatic rings. The van der Waals surface area contributed by atoms with Crippen molar-refractivity contribution in [2.75, 3.05) is 13.2 Å². The largest absolute Gasteiger partial charge is 0.379 e. The lowest BCUT2D eigenvalue weighted by Gasteiger charge is -2.31. The Bertz CT molecular complexity index is 320. The third kappa shape index (κ3) is 2.56. The summed E-state index contributed by atoms with van der Waals surface area (Å²) < 4.78 is 5.20. The molecule has 0 bridgehead atoms. The van der Waals surface area contributed by atoms with Crippen LogP contribution in [0.25, 0.3) is 0 Å². The molecule has 2 atom stereocenters. The molecule has 2 heterocycles. The summed E-state index contributed by atoms with van der Waals surface area (Å²) >= 11 is 3.79. The van der Waals surface area contributed by atoms with Crippen molar-refractivity contribution >= 4 is 23.1 Å². The Morgan fingerprint density at radius 1 is 1.60 bits per heavy atom. The first kappa shape index (κ1) is 11.5. The van der Waals surface area contributed by atoms with Gasteiger partial charge in [0.05, 0.1) is 23.7 Å². The van der Waals surface area contributed by atoms with E-state index in [1.54, 1.807) is 0 Å². The van der Waals surface area contributed by atoms with Crippen molar-refractivity contribution in [3.8, 4) is 0 Å². The molecule has 0 amide bonds. The van der Waals surface area contributed by atoms with Gasteiger partial charge in [-0.05, 0) is 30.9 Å². The fourth-order valence-electron chi connectivity index (χ4n) is 1.60. The predicted molar refractivity (Wildman–Crippen MR) is 67.6 cm³/mol. The topological polar surface area (TPSA) is 35.2 Å². The van der Waals surface area contributed by atoms with Gasteiger partial charge in [0.15, 0.2) is 0 Å². The number of aryl methyl sites for hydroxylation is 1. The Morgan fingerprint density at radius 2 is 2.33 bits per heavy atom. The van der Waals surface area contributed by atoms with Crippen molar-refractivity contribution in [2.24, 2.45) is 5.73 Å². The molecule has 0 aromatic carbocycles. The summed E-state index contributed by atoms with van der Waals surface area (Å²) in [6.07, 6.45) is 0. The molecule has 2 nitrogen and oxygen atoms in total. The molecule has 0 radical (unpaired) electrons. The lowest BCUT2D eigenvalue weighted by Crippen LogP contribution is -2.34. The van der Waals surface area contributed by atoms with Crippen molar-refractivity contribution in [3.05, 3.63) is 21.9 Å². The van der Waals surface area contributed by atoms with E-state index < -0.39 is 0 Å². The molecule has 0 saturated carbocycles. The van der Waals surface area contributed by atoms with Gasteiger partial charge >= 0.3 is 0 Å². The van der Waals surface area contributed by atoms with Crippen LogP contribution in [0.2, 0.25) is 0 Å². The Morgan fingerprint density at radius 3 is 2.73 bits per heavy atom. The molecule has 1 saturated heterocycles. The lowest BCUT2D eigenvalue weighted by molar-refractivity contribution is 0.0452. The van der Waals surface area contributed by atoms with Gasteiger partial charge in [-0.2, -0.15) is 0 Å². The third-order valence-corrected chi connectivity index (χ3v) is 5.45. The van der Waals surface area contributed by atoms with Gasteiger partial charge < -0.3 is 10.5 Å². The van der Waals surface area contributed by atoms with E-state index >= 15 is 0 Å². The second kappa shape index (κ2) is 4.87. The van der Waals surface area contributed by atoms with Gasteiger partial charge in [0.2, 0.25) is 0 Å². The highest BCUT2D eigenvalue weighted by molar-refractivity contribution is 8.00. The van der Waals surface area contributed by atoms with Crippen molar-refractivity contribution in [1.82, 2.24) is 0 Å². The predicted octanol–water partition coefficient (Wildman–Crippen LogP) is 2.58. The SMILES string of the molecule is Cc1ccsc1C(SC1COC1)C(C)N. The van der Waals surface area contributed by atoms with Crippen LogP contribution in [0.4, 0.5) is 0 Å². The Labute approximate surface area is 99.2 Å². The maximum absolute atomic E-state index is 6.07. The molecule has 2 unspecified atom stereocenters. The van der Waals surface area contributed by atoms with Crippen LogP contribution < -0.4 is 5.73 Å². The molecule has 4 heteroatoms. The second-order valence-electron chi connectivity index (χ2n) is 4.04. The highest BCUT2D eigenvalue weighted by atomic mass is 32.2. The minimum atomic E-state index is 0.202. The van der Waals surface area contributed by atoms with Crippen molar-refractivity contribution in [1.29, 1.82) is 0 Å². The van der Waals surface area contributed by atoms with Crippen LogP contribution in [-0.2, 0) is 4.74 Å². The average Bonchev–Trinajstić information content (AvgIpc) is 2.49. The van der Waals surface area contributed by atoms with Crippen molar-refractivity contribution in [2.45, 2.75) is 30.4 Å². The fraction of sp³-hybridized carbons (Fsp3) is 0.636. The van der Waals surface area contributed by atoms with Crippen LogP contribution in [0.5, 0.6) is 0 Å². The maximum Gasteiger partial charge on any atom is 0.0608 e. The smallest absolute Gasteiger partial charge is 0.0608 e. The number of rotatable bonds is 4. The minimum Gasteiger partial charge on any atom is -0.379 e. The minimum absolute atomic E-state index is 0.202. The first-order chi connectivity index (χ1) is 7.18. The molecule has 84 valence electrons. The average molecular weight is 243 g/mol. The molecular weight excluding hydrogens is 226 g/mol. The molecule has 0 aliphatic carbocycles. The van der Waals surface area contributed by atoms with E-state index in [1.165, 1.54) is 10.4 Å². The van der Waals surface area contributed by atoms with Crippen LogP contribution >= 0.6 is 23.1 Å². The Balaban J connectivity index is 2.08. The highest BCUT2D eigenvalue weighted by Gasteiger charge is 2.28. The van der Waals surface area contributed by atoms with Gasteiger partial charge in [-0.15, -0.1) is 23.1 Å². The van der Waals surface area contributed by atoms with Crippen LogP contribution in [0.1, 0.15) is 22.6 Å². The van der Waals surface area contributed by atoms with Gasteiger partial charge in [-0.1, -0.05) is 0 Å². The van der Waals surface area contributed by atoms with E-state index in [9.17, 15) is 0 Å². The molecule has 1 aromatic heterocycles. The lowest BCUT2D eigenvalue weighted by atomic mass is 10.1. The molecule has 1 aromatic rings. The van der Waals surface area contributed by atoms with E-state index in [0.29, 0.717) is 10.5 Å². The normalized spacial score (nSPS) is 21.0. The zero-order chi connectivity index (χ0) is 10.8. The molecule has 2 N–H and O–H groups in total.